The monoisotopic (exact) mass is 638 g/mol. The highest BCUT2D eigenvalue weighted by molar-refractivity contribution is 6.12. The topological polar surface area (TPSA) is 29.3 Å². The first-order valence-corrected chi connectivity index (χ1v) is 16.9. The van der Waals surface area contributed by atoms with Gasteiger partial charge >= 0.3 is 0 Å². The average molecular weight is 639 g/mol. The van der Waals surface area contributed by atoms with Gasteiger partial charge in [-0.05, 0) is 110 Å². The van der Waals surface area contributed by atoms with Crippen molar-refractivity contribution in [1.82, 2.24) is 4.98 Å². The molecule has 2 heterocycles. The maximum Gasteiger partial charge on any atom is 0.153 e. The van der Waals surface area contributed by atoms with Crippen LogP contribution in [-0.4, -0.2) is 4.98 Å². The molecule has 0 aliphatic heterocycles. The number of benzene rings is 8. The largest absolute Gasteiger partial charge is 0.454 e. The van der Waals surface area contributed by atoms with Crippen LogP contribution >= 0.6 is 0 Å². The fraction of sp³-hybridized carbons (Fsp3) is 0. The van der Waals surface area contributed by atoms with Gasteiger partial charge in [0.25, 0.3) is 0 Å². The number of hydrogen-bond acceptors (Lipinski definition) is 3. The number of rotatable bonds is 5. The molecule has 0 aliphatic rings. The fourth-order valence-corrected chi connectivity index (χ4v) is 7.44. The molecule has 2 aromatic heterocycles. The highest BCUT2D eigenvalue weighted by Gasteiger charge is 2.19. The number of fused-ring (bicyclic) bond motifs is 6. The number of nitrogens with zero attached hydrogens (tertiary/aromatic N) is 2. The summed E-state index contributed by atoms with van der Waals surface area (Å²) in [5.74, 6) is 0. The Labute approximate surface area is 289 Å². The van der Waals surface area contributed by atoms with E-state index in [1.54, 1.807) is 0 Å². The molecular weight excluding hydrogens is 609 g/mol. The molecule has 10 rings (SSSR count). The number of aromatic nitrogens is 1. The number of pyridine rings is 1. The number of furan rings is 1. The van der Waals surface area contributed by atoms with Crippen molar-refractivity contribution in [3.05, 3.63) is 182 Å². The summed E-state index contributed by atoms with van der Waals surface area (Å²) in [6.45, 7) is 0. The molecule has 0 radical (unpaired) electrons. The van der Waals surface area contributed by atoms with E-state index in [0.717, 1.165) is 49.9 Å². The maximum absolute atomic E-state index is 6.34. The Hall–Kier alpha value is -6.71. The van der Waals surface area contributed by atoms with Gasteiger partial charge in [0, 0.05) is 28.3 Å². The van der Waals surface area contributed by atoms with Gasteiger partial charge in [0.1, 0.15) is 11.1 Å². The Bertz CT molecular complexity index is 2880. The molecule has 0 amide bonds. The Balaban J connectivity index is 1.16. The lowest BCUT2D eigenvalue weighted by molar-refractivity contribution is 0.668. The number of hydrogen-bond donors (Lipinski definition) is 0. The summed E-state index contributed by atoms with van der Waals surface area (Å²) in [6.07, 6.45) is 1.82. The minimum absolute atomic E-state index is 0.795. The van der Waals surface area contributed by atoms with Crippen molar-refractivity contribution in [2.45, 2.75) is 0 Å². The highest BCUT2D eigenvalue weighted by Crippen LogP contribution is 2.43. The van der Waals surface area contributed by atoms with E-state index in [4.69, 9.17) is 4.42 Å². The molecule has 3 nitrogen and oxygen atoms in total. The van der Waals surface area contributed by atoms with E-state index in [9.17, 15) is 0 Å². The van der Waals surface area contributed by atoms with E-state index in [1.165, 1.54) is 43.8 Å². The zero-order valence-corrected chi connectivity index (χ0v) is 27.1. The molecule has 234 valence electrons. The fourth-order valence-electron chi connectivity index (χ4n) is 7.44. The average Bonchev–Trinajstić information content (AvgIpc) is 3.55. The summed E-state index contributed by atoms with van der Waals surface area (Å²) in [6, 6.07) is 63.0. The molecule has 0 fully saturated rings. The van der Waals surface area contributed by atoms with Crippen LogP contribution in [0.15, 0.2) is 187 Å². The number of anilines is 3. The van der Waals surface area contributed by atoms with Crippen molar-refractivity contribution in [2.75, 3.05) is 4.90 Å². The van der Waals surface area contributed by atoms with E-state index in [2.05, 4.69) is 174 Å². The van der Waals surface area contributed by atoms with Crippen LogP contribution in [0.4, 0.5) is 17.1 Å². The minimum Gasteiger partial charge on any atom is -0.454 e. The van der Waals surface area contributed by atoms with Crippen LogP contribution in [-0.2, 0) is 0 Å². The van der Waals surface area contributed by atoms with E-state index in [0.29, 0.717) is 0 Å². The molecule has 0 N–H and O–H groups in total. The second-order valence-electron chi connectivity index (χ2n) is 12.8. The molecule has 0 aliphatic carbocycles. The first kappa shape index (κ1) is 28.3. The lowest BCUT2D eigenvalue weighted by atomic mass is 9.97. The molecule has 50 heavy (non-hydrogen) atoms. The van der Waals surface area contributed by atoms with Gasteiger partial charge in [-0.25, -0.2) is 0 Å². The SMILES string of the molecule is c1cc(-c2cccc3ccccc23)cc(N(c2ccc(-c3ccc4ccccc4c3)cc2)c2cccc3cc4c(cc23)oc2cccnc24)c1. The molecule has 8 aromatic carbocycles. The zero-order valence-electron chi connectivity index (χ0n) is 27.1. The minimum atomic E-state index is 0.795. The Morgan fingerprint density at radius 1 is 0.400 bits per heavy atom. The summed E-state index contributed by atoms with van der Waals surface area (Å²) in [4.78, 5) is 7.00. The van der Waals surface area contributed by atoms with Crippen LogP contribution in [0.5, 0.6) is 0 Å². The van der Waals surface area contributed by atoms with E-state index in [-0.39, 0.29) is 0 Å². The molecule has 10 aromatic rings. The Morgan fingerprint density at radius 3 is 2.08 bits per heavy atom. The van der Waals surface area contributed by atoms with Crippen LogP contribution in [0.2, 0.25) is 0 Å². The van der Waals surface area contributed by atoms with Crippen molar-refractivity contribution < 1.29 is 4.42 Å². The van der Waals surface area contributed by atoms with E-state index in [1.807, 2.05) is 18.3 Å². The summed E-state index contributed by atoms with van der Waals surface area (Å²) >= 11 is 0. The zero-order chi connectivity index (χ0) is 33.0. The van der Waals surface area contributed by atoms with Gasteiger partial charge in [-0.2, -0.15) is 0 Å². The van der Waals surface area contributed by atoms with Gasteiger partial charge in [0.15, 0.2) is 5.58 Å². The predicted octanol–water partition coefficient (Wildman–Crippen LogP) is 13.2. The van der Waals surface area contributed by atoms with E-state index >= 15 is 0 Å². The lowest BCUT2D eigenvalue weighted by Gasteiger charge is -2.27. The first-order chi connectivity index (χ1) is 24.8. The van der Waals surface area contributed by atoms with Crippen LogP contribution in [0.1, 0.15) is 0 Å². The van der Waals surface area contributed by atoms with Gasteiger partial charge in [-0.3, -0.25) is 4.98 Å². The second kappa shape index (κ2) is 11.5. The van der Waals surface area contributed by atoms with Crippen molar-refractivity contribution >= 4 is 71.4 Å². The Kier molecular flexibility index (Phi) is 6.49. The van der Waals surface area contributed by atoms with Gasteiger partial charge in [0.05, 0.1) is 5.69 Å². The van der Waals surface area contributed by atoms with Gasteiger partial charge in [0.2, 0.25) is 0 Å². The standard InChI is InChI=1S/C47H30N2O/c1-2-11-34-27-35(21-20-31(34)9-1)32-22-24-38(25-23-32)49(39-15-5-13-36(28-39)41-17-6-12-33-10-3-4-16-40(33)41)44-18-7-14-37-29-43-46(30-42(37)44)50-45-19-8-26-48-47(43)45/h1-30H. The summed E-state index contributed by atoms with van der Waals surface area (Å²) < 4.78 is 6.34. The van der Waals surface area contributed by atoms with Crippen molar-refractivity contribution in [3.8, 4) is 22.3 Å². The molecule has 0 unspecified atom stereocenters. The smallest absolute Gasteiger partial charge is 0.153 e. The predicted molar refractivity (Wildman–Crippen MR) is 210 cm³/mol. The normalized spacial score (nSPS) is 11.6. The lowest BCUT2D eigenvalue weighted by Crippen LogP contribution is -2.10. The summed E-state index contributed by atoms with van der Waals surface area (Å²) in [5.41, 5.74) is 10.5. The molecular formula is C47H30N2O. The third-order valence-electron chi connectivity index (χ3n) is 9.86. The van der Waals surface area contributed by atoms with E-state index < -0.39 is 0 Å². The van der Waals surface area contributed by atoms with Crippen molar-refractivity contribution in [2.24, 2.45) is 0 Å². The second-order valence-corrected chi connectivity index (χ2v) is 12.8. The van der Waals surface area contributed by atoms with Gasteiger partial charge in [-0.15, -0.1) is 0 Å². The Morgan fingerprint density at radius 2 is 1.16 bits per heavy atom. The van der Waals surface area contributed by atoms with Crippen LogP contribution < -0.4 is 4.90 Å². The van der Waals surface area contributed by atoms with Crippen LogP contribution in [0.3, 0.4) is 0 Å². The molecule has 3 heteroatoms. The molecule has 0 bridgehead atoms. The maximum atomic E-state index is 6.34. The highest BCUT2D eigenvalue weighted by atomic mass is 16.3. The van der Waals surface area contributed by atoms with Crippen molar-refractivity contribution in [3.63, 3.8) is 0 Å². The van der Waals surface area contributed by atoms with Gasteiger partial charge < -0.3 is 9.32 Å². The van der Waals surface area contributed by atoms with Crippen molar-refractivity contribution in [1.29, 1.82) is 0 Å². The molecule has 0 saturated carbocycles. The third-order valence-corrected chi connectivity index (χ3v) is 9.86. The first-order valence-electron chi connectivity index (χ1n) is 16.9. The molecule has 0 saturated heterocycles. The summed E-state index contributed by atoms with van der Waals surface area (Å²) in [5, 5.41) is 8.22. The molecule has 0 spiro atoms. The third kappa shape index (κ3) is 4.71. The van der Waals surface area contributed by atoms with Crippen LogP contribution in [0.25, 0.3) is 76.6 Å². The van der Waals surface area contributed by atoms with Crippen LogP contribution in [0, 0.1) is 0 Å². The molecule has 0 atom stereocenters. The quantitative estimate of drug-likeness (QED) is 0.188. The van der Waals surface area contributed by atoms with Gasteiger partial charge in [-0.1, -0.05) is 115 Å². The summed E-state index contributed by atoms with van der Waals surface area (Å²) in [7, 11) is 0.